The molecule has 0 radical (unpaired) electrons. The molecule has 0 saturated carbocycles. The van der Waals surface area contributed by atoms with E-state index >= 15 is 0 Å². The molecule has 2 aromatic rings. The predicted molar refractivity (Wildman–Crippen MR) is 71.4 cm³/mol. The molecule has 21 heavy (non-hydrogen) atoms. The van der Waals surface area contributed by atoms with E-state index in [4.69, 9.17) is 20.3 Å². The first-order chi connectivity index (χ1) is 9.80. The third kappa shape index (κ3) is 3.86. The number of ether oxygens (including phenoxy) is 1. The first-order valence-electron chi connectivity index (χ1n) is 5.78. The highest BCUT2D eigenvalue weighted by atomic mass is 31.2. The van der Waals surface area contributed by atoms with Gasteiger partial charge in [-0.1, -0.05) is 0 Å². The maximum Gasteiger partial charge on any atom is 0.350 e. The summed E-state index contributed by atoms with van der Waals surface area (Å²) < 4.78 is 17.1. The highest BCUT2D eigenvalue weighted by Gasteiger charge is 2.19. The quantitative estimate of drug-likeness (QED) is 0.385. The van der Waals surface area contributed by atoms with Crippen LogP contribution in [0.1, 0.15) is 0 Å². The van der Waals surface area contributed by atoms with Crippen LogP contribution in [0.5, 0.6) is 0 Å². The minimum atomic E-state index is -4.34. The third-order valence-electron chi connectivity index (χ3n) is 2.58. The molecule has 0 saturated heterocycles. The van der Waals surface area contributed by atoms with Crippen molar-refractivity contribution in [3.63, 3.8) is 0 Å². The second-order valence-electron chi connectivity index (χ2n) is 4.29. The van der Waals surface area contributed by atoms with Crippen molar-refractivity contribution in [3.8, 4) is 0 Å². The fraction of sp³-hybridized carbons (Fsp3) is 0.444. The lowest BCUT2D eigenvalue weighted by atomic mass is 10.3. The van der Waals surface area contributed by atoms with Gasteiger partial charge in [-0.25, -0.2) is 4.98 Å². The summed E-state index contributed by atoms with van der Waals surface area (Å²) in [5, 5.41) is 9.18. The zero-order valence-corrected chi connectivity index (χ0v) is 11.6. The Morgan fingerprint density at radius 1 is 1.52 bits per heavy atom. The van der Waals surface area contributed by atoms with Crippen LogP contribution < -0.4 is 11.3 Å². The van der Waals surface area contributed by atoms with Gasteiger partial charge in [-0.3, -0.25) is 14.3 Å². The number of H-pyrrole nitrogens is 1. The minimum Gasteiger partial charge on any atom is -0.394 e. The van der Waals surface area contributed by atoms with Gasteiger partial charge in [0.1, 0.15) is 6.35 Å². The summed E-state index contributed by atoms with van der Waals surface area (Å²) in [5.41, 5.74) is 5.19. The summed E-state index contributed by atoms with van der Waals surface area (Å²) >= 11 is 0. The van der Waals surface area contributed by atoms with Gasteiger partial charge in [0.25, 0.3) is 5.56 Å². The first-order valence-corrected chi connectivity index (χ1v) is 7.57. The number of aromatic amines is 1. The molecule has 2 heterocycles. The van der Waals surface area contributed by atoms with Gasteiger partial charge in [-0.2, -0.15) is 4.98 Å². The summed E-state index contributed by atoms with van der Waals surface area (Å²) in [7, 11) is -4.34. The Labute approximate surface area is 117 Å². The van der Waals surface area contributed by atoms with Crippen molar-refractivity contribution in [3.05, 3.63) is 16.7 Å². The number of hydrogen-bond donors (Lipinski definition) is 5. The van der Waals surface area contributed by atoms with Gasteiger partial charge < -0.3 is 29.9 Å². The van der Waals surface area contributed by atoms with Crippen molar-refractivity contribution in [1.82, 2.24) is 19.5 Å². The molecule has 0 unspecified atom stereocenters. The predicted octanol–water partition coefficient (Wildman–Crippen LogP) is -1.79. The van der Waals surface area contributed by atoms with Crippen LogP contribution in [-0.4, -0.2) is 53.5 Å². The Kier molecular flexibility index (Phi) is 4.40. The van der Waals surface area contributed by atoms with Gasteiger partial charge in [0.15, 0.2) is 11.2 Å². The fourth-order valence-electron chi connectivity index (χ4n) is 1.69. The molecule has 0 aliphatic rings. The Balaban J connectivity index is 2.22. The molecule has 0 fully saturated rings. The van der Waals surface area contributed by atoms with Crippen LogP contribution in [-0.2, 0) is 15.8 Å². The second-order valence-corrected chi connectivity index (χ2v) is 5.87. The molecular weight excluding hydrogens is 305 g/mol. The number of aliphatic hydroxyl groups is 1. The van der Waals surface area contributed by atoms with Crippen molar-refractivity contribution >= 4 is 24.7 Å². The van der Waals surface area contributed by atoms with Crippen molar-refractivity contribution in [2.75, 3.05) is 18.7 Å². The Hall–Kier alpha value is -1.78. The molecule has 11 nitrogen and oxygen atoms in total. The third-order valence-corrected chi connectivity index (χ3v) is 3.06. The molecule has 116 valence electrons. The number of nitrogens with one attached hydrogen (secondary N) is 1. The number of nitrogen functional groups attached to an aromatic ring is 1. The van der Waals surface area contributed by atoms with Gasteiger partial charge in [0.2, 0.25) is 5.95 Å². The highest BCUT2D eigenvalue weighted by molar-refractivity contribution is 7.51. The van der Waals surface area contributed by atoms with E-state index in [0.29, 0.717) is 0 Å². The van der Waals surface area contributed by atoms with E-state index in [-0.39, 0.29) is 23.7 Å². The number of nitrogens with two attached hydrogens (primary N) is 1. The van der Waals surface area contributed by atoms with E-state index < -0.39 is 32.2 Å². The molecular formula is C9H14N5O6P. The number of imidazole rings is 1. The lowest BCUT2D eigenvalue weighted by Crippen LogP contribution is -2.25. The average molecular weight is 319 g/mol. The summed E-state index contributed by atoms with van der Waals surface area (Å²) in [4.78, 5) is 39.2. The van der Waals surface area contributed by atoms with Crippen molar-refractivity contribution in [2.45, 2.75) is 12.6 Å². The summed E-state index contributed by atoms with van der Waals surface area (Å²) in [6.07, 6.45) is -0.408. The topological polar surface area (TPSA) is 177 Å². The summed E-state index contributed by atoms with van der Waals surface area (Å²) in [6, 6.07) is 0. The standard InChI is InChI=1S/C9H14N5O6P/c10-9-12-7-6(8(16)13-9)11-3-14(7)1-5(2-15)20-4-21(17,18)19/h3,5,15H,1-2,4H2,(H2,17,18,19)(H3,10,12,13,16)/t5-/m0/s1. The molecule has 6 N–H and O–H groups in total. The van der Waals surface area contributed by atoms with Crippen LogP contribution in [0.25, 0.3) is 11.2 Å². The van der Waals surface area contributed by atoms with E-state index in [9.17, 15) is 14.5 Å². The number of anilines is 1. The van der Waals surface area contributed by atoms with Crippen LogP contribution in [0.15, 0.2) is 11.1 Å². The second kappa shape index (κ2) is 5.92. The fourth-order valence-corrected chi connectivity index (χ4v) is 2.09. The molecule has 12 heteroatoms. The van der Waals surface area contributed by atoms with E-state index in [1.165, 1.54) is 10.9 Å². The summed E-state index contributed by atoms with van der Waals surface area (Å²) in [5.74, 6) is -0.0917. The molecule has 0 aliphatic heterocycles. The number of aromatic nitrogens is 4. The molecule has 0 aromatic carbocycles. The van der Waals surface area contributed by atoms with Crippen LogP contribution in [0.2, 0.25) is 0 Å². The zero-order valence-electron chi connectivity index (χ0n) is 10.7. The van der Waals surface area contributed by atoms with Gasteiger partial charge in [-0.05, 0) is 0 Å². The smallest absolute Gasteiger partial charge is 0.350 e. The largest absolute Gasteiger partial charge is 0.394 e. The Morgan fingerprint density at radius 2 is 2.24 bits per heavy atom. The SMILES string of the molecule is Nc1nc2c(ncn2C[C@@H](CO)OCP(=O)(O)O)c(=O)[nH]1. The van der Waals surface area contributed by atoms with E-state index in [1.54, 1.807) is 0 Å². The monoisotopic (exact) mass is 319 g/mol. The van der Waals surface area contributed by atoms with Crippen molar-refractivity contribution in [2.24, 2.45) is 0 Å². The molecule has 1 atom stereocenters. The van der Waals surface area contributed by atoms with Gasteiger partial charge in [0, 0.05) is 0 Å². The lowest BCUT2D eigenvalue weighted by molar-refractivity contribution is 0.0202. The molecule has 2 aromatic heterocycles. The molecule has 0 amide bonds. The number of rotatable bonds is 6. The Bertz CT molecular complexity index is 736. The zero-order chi connectivity index (χ0) is 15.6. The van der Waals surface area contributed by atoms with Gasteiger partial charge in [0.05, 0.1) is 25.6 Å². The lowest BCUT2D eigenvalue weighted by Gasteiger charge is -2.16. The van der Waals surface area contributed by atoms with Crippen molar-refractivity contribution < 1.29 is 24.2 Å². The van der Waals surface area contributed by atoms with E-state index in [2.05, 4.69) is 15.0 Å². The first kappa shape index (κ1) is 15.6. The normalized spacial score (nSPS) is 13.7. The number of aliphatic hydroxyl groups excluding tert-OH is 1. The maximum absolute atomic E-state index is 11.6. The van der Waals surface area contributed by atoms with E-state index in [1.807, 2.05) is 0 Å². The minimum absolute atomic E-state index is 0.00287. The summed E-state index contributed by atoms with van der Waals surface area (Å²) in [6.45, 7) is -0.471. The highest BCUT2D eigenvalue weighted by Crippen LogP contribution is 2.34. The number of fused-ring (bicyclic) bond motifs is 1. The van der Waals surface area contributed by atoms with Crippen LogP contribution in [0.3, 0.4) is 0 Å². The van der Waals surface area contributed by atoms with Crippen LogP contribution in [0, 0.1) is 0 Å². The van der Waals surface area contributed by atoms with E-state index in [0.717, 1.165) is 0 Å². The molecule has 0 spiro atoms. The molecule has 0 aliphatic carbocycles. The molecule has 0 bridgehead atoms. The maximum atomic E-state index is 11.6. The van der Waals surface area contributed by atoms with Crippen LogP contribution in [0.4, 0.5) is 5.95 Å². The number of nitrogens with zero attached hydrogens (tertiary/aromatic N) is 3. The number of hydrogen-bond acceptors (Lipinski definition) is 7. The average Bonchev–Trinajstić information content (AvgIpc) is 2.76. The van der Waals surface area contributed by atoms with Gasteiger partial charge >= 0.3 is 7.60 Å². The van der Waals surface area contributed by atoms with Crippen LogP contribution >= 0.6 is 7.60 Å². The Morgan fingerprint density at radius 3 is 2.86 bits per heavy atom. The van der Waals surface area contributed by atoms with Gasteiger partial charge in [-0.15, -0.1) is 0 Å². The molecule has 2 rings (SSSR count). The van der Waals surface area contributed by atoms with Crippen molar-refractivity contribution in [1.29, 1.82) is 0 Å².